The van der Waals surface area contributed by atoms with Crippen LogP contribution in [0.15, 0.2) is 10.9 Å². The Morgan fingerprint density at radius 3 is 2.31 bits per heavy atom. The number of hydrogen-bond donors (Lipinski definition) is 1. The lowest BCUT2D eigenvalue weighted by atomic mass is 10.2. The smallest absolute Gasteiger partial charge is 0.425 e. The first-order chi connectivity index (χ1) is 7.27. The molecule has 0 aliphatic carbocycles. The summed E-state index contributed by atoms with van der Waals surface area (Å²) in [6.07, 6.45) is -8.04. The van der Waals surface area contributed by atoms with Crippen LogP contribution in [-0.4, -0.2) is 12.1 Å². The second kappa shape index (κ2) is 4.11. The Hall–Kier alpha value is -1.60. The summed E-state index contributed by atoms with van der Waals surface area (Å²) in [7, 11) is 0.860. The van der Waals surface area contributed by atoms with Crippen LogP contribution in [0.5, 0.6) is 5.75 Å². The highest BCUT2D eigenvalue weighted by atomic mass is 19.4. The molecule has 0 bridgehead atoms. The SMILES string of the molecule is COc1cc(C(F)F)[nH]c(=O)c1C(F)(F)F. The fourth-order valence-corrected chi connectivity index (χ4v) is 1.10. The van der Waals surface area contributed by atoms with Gasteiger partial charge in [-0.3, -0.25) is 4.79 Å². The summed E-state index contributed by atoms with van der Waals surface area (Å²) in [5.41, 5.74) is -4.20. The minimum absolute atomic E-state index is 0.453. The van der Waals surface area contributed by atoms with Gasteiger partial charge in [-0.2, -0.15) is 13.2 Å². The predicted octanol–water partition coefficient (Wildman–Crippen LogP) is 2.34. The van der Waals surface area contributed by atoms with E-state index >= 15 is 0 Å². The Kier molecular flexibility index (Phi) is 3.20. The normalized spacial score (nSPS) is 11.9. The topological polar surface area (TPSA) is 42.1 Å². The summed E-state index contributed by atoms with van der Waals surface area (Å²) < 4.78 is 65.7. The van der Waals surface area contributed by atoms with Crippen LogP contribution in [-0.2, 0) is 6.18 Å². The maximum atomic E-state index is 12.3. The highest BCUT2D eigenvalue weighted by molar-refractivity contribution is 5.35. The van der Waals surface area contributed by atoms with Crippen LogP contribution in [0.25, 0.3) is 0 Å². The van der Waals surface area contributed by atoms with Gasteiger partial charge < -0.3 is 9.72 Å². The Balaban J connectivity index is 3.47. The van der Waals surface area contributed by atoms with E-state index in [1.165, 1.54) is 4.98 Å². The molecular formula is C8H6F5NO2. The van der Waals surface area contributed by atoms with Gasteiger partial charge in [-0.1, -0.05) is 0 Å². The van der Waals surface area contributed by atoms with Crippen molar-refractivity contribution in [1.29, 1.82) is 0 Å². The Labute approximate surface area is 85.8 Å². The molecule has 0 radical (unpaired) electrons. The van der Waals surface area contributed by atoms with Gasteiger partial charge in [-0.25, -0.2) is 8.78 Å². The zero-order chi connectivity index (χ0) is 12.5. The quantitative estimate of drug-likeness (QED) is 0.810. The largest absolute Gasteiger partial charge is 0.496 e. The van der Waals surface area contributed by atoms with Crippen LogP contribution in [0.1, 0.15) is 17.7 Å². The van der Waals surface area contributed by atoms with E-state index in [0.717, 1.165) is 7.11 Å². The van der Waals surface area contributed by atoms with Crippen molar-refractivity contribution in [3.63, 3.8) is 0 Å². The van der Waals surface area contributed by atoms with Crippen LogP contribution in [0.4, 0.5) is 22.0 Å². The van der Waals surface area contributed by atoms with Crippen molar-refractivity contribution >= 4 is 0 Å². The minimum Gasteiger partial charge on any atom is -0.496 e. The lowest BCUT2D eigenvalue weighted by Crippen LogP contribution is -2.23. The van der Waals surface area contributed by atoms with Crippen LogP contribution in [0, 0.1) is 0 Å². The number of halogens is 5. The molecule has 0 atom stereocenters. The van der Waals surface area contributed by atoms with Gasteiger partial charge in [0.2, 0.25) is 0 Å². The molecule has 0 saturated carbocycles. The Bertz CT molecular complexity index is 437. The van der Waals surface area contributed by atoms with Crippen molar-refractivity contribution in [1.82, 2.24) is 4.98 Å². The molecule has 0 unspecified atom stereocenters. The first-order valence-electron chi connectivity index (χ1n) is 3.94. The molecule has 8 heteroatoms. The summed E-state index contributed by atoms with van der Waals surface area (Å²) in [5.74, 6) is -0.924. The first kappa shape index (κ1) is 12.5. The predicted molar refractivity (Wildman–Crippen MR) is 43.6 cm³/mol. The lowest BCUT2D eigenvalue weighted by Gasteiger charge is -2.11. The number of alkyl halides is 5. The molecule has 0 spiro atoms. The van der Waals surface area contributed by atoms with E-state index in [9.17, 15) is 26.7 Å². The Morgan fingerprint density at radius 2 is 1.94 bits per heavy atom. The van der Waals surface area contributed by atoms with Crippen LogP contribution >= 0.6 is 0 Å². The van der Waals surface area contributed by atoms with E-state index in [2.05, 4.69) is 4.74 Å². The van der Waals surface area contributed by atoms with Gasteiger partial charge in [0.05, 0.1) is 12.8 Å². The number of H-pyrrole nitrogens is 1. The number of aromatic amines is 1. The van der Waals surface area contributed by atoms with Gasteiger partial charge in [0.15, 0.2) is 5.56 Å². The third-order valence-electron chi connectivity index (χ3n) is 1.76. The van der Waals surface area contributed by atoms with Gasteiger partial charge >= 0.3 is 6.18 Å². The maximum Gasteiger partial charge on any atom is 0.425 e. The number of pyridine rings is 1. The van der Waals surface area contributed by atoms with E-state index in [1.807, 2.05) is 0 Å². The average Bonchev–Trinajstić information content (AvgIpc) is 2.14. The van der Waals surface area contributed by atoms with Gasteiger partial charge in [-0.05, 0) is 0 Å². The highest BCUT2D eigenvalue weighted by Crippen LogP contribution is 2.34. The first-order valence-corrected chi connectivity index (χ1v) is 3.94. The van der Waals surface area contributed by atoms with Crippen molar-refractivity contribution in [2.75, 3.05) is 7.11 Å². The van der Waals surface area contributed by atoms with Crippen molar-refractivity contribution in [2.24, 2.45) is 0 Å². The van der Waals surface area contributed by atoms with Crippen molar-refractivity contribution in [3.8, 4) is 5.75 Å². The summed E-state index contributed by atoms with van der Waals surface area (Å²) in [6.45, 7) is 0. The van der Waals surface area contributed by atoms with E-state index < -0.39 is 35.2 Å². The molecule has 0 aliphatic heterocycles. The summed E-state index contributed by atoms with van der Waals surface area (Å²) in [4.78, 5) is 12.4. The highest BCUT2D eigenvalue weighted by Gasteiger charge is 2.38. The third kappa shape index (κ3) is 2.31. The van der Waals surface area contributed by atoms with Crippen molar-refractivity contribution in [2.45, 2.75) is 12.6 Å². The summed E-state index contributed by atoms with van der Waals surface area (Å²) >= 11 is 0. The van der Waals surface area contributed by atoms with E-state index in [-0.39, 0.29) is 0 Å². The van der Waals surface area contributed by atoms with Gasteiger partial charge in [0.25, 0.3) is 12.0 Å². The molecule has 0 amide bonds. The standard InChI is InChI=1S/C8H6F5NO2/c1-16-4-2-3(6(9)10)14-7(15)5(4)8(11,12)13/h2,6H,1H3,(H,14,15). The second-order valence-corrected chi connectivity index (χ2v) is 2.80. The van der Waals surface area contributed by atoms with E-state index in [1.54, 1.807) is 0 Å². The zero-order valence-corrected chi connectivity index (χ0v) is 7.86. The van der Waals surface area contributed by atoms with Crippen molar-refractivity contribution < 1.29 is 26.7 Å². The molecule has 1 rings (SSSR count). The molecule has 0 aromatic carbocycles. The van der Waals surface area contributed by atoms with Crippen LogP contribution in [0.2, 0.25) is 0 Å². The summed E-state index contributed by atoms with van der Waals surface area (Å²) in [5, 5.41) is 0. The Morgan fingerprint density at radius 1 is 1.38 bits per heavy atom. The van der Waals surface area contributed by atoms with E-state index in [4.69, 9.17) is 0 Å². The lowest BCUT2D eigenvalue weighted by molar-refractivity contribution is -0.140. The van der Waals surface area contributed by atoms with Crippen LogP contribution in [0.3, 0.4) is 0 Å². The second-order valence-electron chi connectivity index (χ2n) is 2.80. The number of aromatic nitrogens is 1. The number of methoxy groups -OCH3 is 1. The molecular weight excluding hydrogens is 237 g/mol. The molecule has 3 nitrogen and oxygen atoms in total. The van der Waals surface area contributed by atoms with Gasteiger partial charge in [0, 0.05) is 6.07 Å². The molecule has 0 fully saturated rings. The molecule has 0 aliphatic rings. The maximum absolute atomic E-state index is 12.3. The third-order valence-corrected chi connectivity index (χ3v) is 1.76. The van der Waals surface area contributed by atoms with Crippen molar-refractivity contribution in [3.05, 3.63) is 27.7 Å². The monoisotopic (exact) mass is 243 g/mol. The fraction of sp³-hybridized carbons (Fsp3) is 0.375. The molecule has 1 N–H and O–H groups in total. The number of nitrogens with one attached hydrogen (secondary N) is 1. The molecule has 16 heavy (non-hydrogen) atoms. The number of ether oxygens (including phenoxy) is 1. The molecule has 90 valence electrons. The summed E-state index contributed by atoms with van der Waals surface area (Å²) in [6, 6.07) is 0.453. The molecule has 1 aromatic heterocycles. The van der Waals surface area contributed by atoms with Gasteiger partial charge in [-0.15, -0.1) is 0 Å². The number of rotatable bonds is 2. The zero-order valence-electron chi connectivity index (χ0n) is 7.86. The van der Waals surface area contributed by atoms with E-state index in [0.29, 0.717) is 6.07 Å². The molecule has 0 saturated heterocycles. The fourth-order valence-electron chi connectivity index (χ4n) is 1.10. The molecule has 1 heterocycles. The minimum atomic E-state index is -4.96. The van der Waals surface area contributed by atoms with Gasteiger partial charge in [0.1, 0.15) is 5.75 Å². The average molecular weight is 243 g/mol. The number of hydrogen-bond acceptors (Lipinski definition) is 2. The van der Waals surface area contributed by atoms with Crippen LogP contribution < -0.4 is 10.3 Å². The molecule has 1 aromatic rings.